The van der Waals surface area contributed by atoms with Crippen LogP contribution in [0, 0.1) is 11.6 Å². The van der Waals surface area contributed by atoms with Crippen molar-refractivity contribution < 1.29 is 26.7 Å². The molecule has 6 aromatic rings. The van der Waals surface area contributed by atoms with Gasteiger partial charge in [-0.2, -0.15) is 13.5 Å². The molecule has 0 radical (unpaired) electrons. The third-order valence-corrected chi connectivity index (χ3v) is 9.72. The van der Waals surface area contributed by atoms with E-state index in [0.29, 0.717) is 42.9 Å². The van der Waals surface area contributed by atoms with E-state index in [9.17, 15) is 22.0 Å². The molecule has 0 spiro atoms. The number of hydrogen-bond donors (Lipinski definition) is 0. The molecule has 11 nitrogen and oxygen atoms in total. The second-order valence-corrected chi connectivity index (χ2v) is 12.9. The fourth-order valence-electron chi connectivity index (χ4n) is 5.67. The molecule has 1 aliphatic rings. The highest BCUT2D eigenvalue weighted by atomic mass is 32.2. The standard InChI is InChI=1S/C34H27F2N7O4S/c1-47-28-10-12-29(13-11-28)48(45,46)43-21-31(38-40-43)25-19-37-32-18-30(39-42(32)20-25)34(44)41-16-14-24(15-17-41)33(22-2-6-26(35)7-3-22)23-4-8-27(36)9-5-23/h2-13,18-21H,14-17H2,1H3. The normalized spacial score (nSPS) is 13.6. The lowest BCUT2D eigenvalue weighted by Crippen LogP contribution is -2.36. The third kappa shape index (κ3) is 5.93. The van der Waals surface area contributed by atoms with Gasteiger partial charge in [0, 0.05) is 37.1 Å². The summed E-state index contributed by atoms with van der Waals surface area (Å²) >= 11 is 0. The van der Waals surface area contributed by atoms with Crippen molar-refractivity contribution in [1.82, 2.24) is 33.9 Å². The Morgan fingerprint density at radius 1 is 0.854 bits per heavy atom. The Kier molecular flexibility index (Phi) is 8.01. The Morgan fingerprint density at radius 3 is 2.08 bits per heavy atom. The van der Waals surface area contributed by atoms with Gasteiger partial charge in [0.15, 0.2) is 11.3 Å². The van der Waals surface area contributed by atoms with Crippen LogP contribution in [0.15, 0.2) is 108 Å². The number of carbonyl (C=O) groups excluding carboxylic acids is 1. The van der Waals surface area contributed by atoms with Crippen molar-refractivity contribution in [3.63, 3.8) is 0 Å². The average Bonchev–Trinajstić information content (AvgIpc) is 3.79. The number of benzene rings is 3. The molecule has 0 saturated carbocycles. The van der Waals surface area contributed by atoms with E-state index in [1.165, 1.54) is 72.5 Å². The van der Waals surface area contributed by atoms with Crippen LogP contribution in [0.5, 0.6) is 5.75 Å². The first-order valence-corrected chi connectivity index (χ1v) is 16.3. The number of ether oxygens (including phenoxy) is 1. The molecule has 0 aliphatic carbocycles. The number of amides is 1. The zero-order valence-electron chi connectivity index (χ0n) is 25.5. The van der Waals surface area contributed by atoms with Crippen LogP contribution in [0.2, 0.25) is 0 Å². The summed E-state index contributed by atoms with van der Waals surface area (Å²) in [6.45, 7) is 0.858. The van der Waals surface area contributed by atoms with Gasteiger partial charge in [0.05, 0.1) is 18.2 Å². The van der Waals surface area contributed by atoms with Crippen LogP contribution < -0.4 is 4.74 Å². The summed E-state index contributed by atoms with van der Waals surface area (Å²) < 4.78 is 60.8. The minimum Gasteiger partial charge on any atom is -0.497 e. The first kappa shape index (κ1) is 30.9. The van der Waals surface area contributed by atoms with Gasteiger partial charge in [-0.05, 0) is 78.1 Å². The number of carbonyl (C=O) groups is 1. The largest absolute Gasteiger partial charge is 0.497 e. The number of rotatable bonds is 7. The van der Waals surface area contributed by atoms with Gasteiger partial charge in [-0.3, -0.25) is 4.79 Å². The second-order valence-electron chi connectivity index (χ2n) is 11.1. The summed E-state index contributed by atoms with van der Waals surface area (Å²) in [6, 6.07) is 19.9. The third-order valence-electron chi connectivity index (χ3n) is 8.18. The van der Waals surface area contributed by atoms with E-state index in [0.717, 1.165) is 26.4 Å². The topological polar surface area (TPSA) is 125 Å². The molecule has 0 N–H and O–H groups in total. The van der Waals surface area contributed by atoms with Crippen molar-refractivity contribution >= 4 is 27.2 Å². The summed E-state index contributed by atoms with van der Waals surface area (Å²) in [4.78, 5) is 19.7. The van der Waals surface area contributed by atoms with Crippen molar-refractivity contribution in [2.45, 2.75) is 17.7 Å². The molecule has 0 unspecified atom stereocenters. The zero-order chi connectivity index (χ0) is 33.4. The monoisotopic (exact) mass is 667 g/mol. The highest BCUT2D eigenvalue weighted by molar-refractivity contribution is 7.89. The Morgan fingerprint density at radius 2 is 1.48 bits per heavy atom. The lowest BCUT2D eigenvalue weighted by Gasteiger charge is -2.30. The second kappa shape index (κ2) is 12.4. The van der Waals surface area contributed by atoms with Gasteiger partial charge in [0.2, 0.25) is 0 Å². The van der Waals surface area contributed by atoms with E-state index in [1.807, 2.05) is 0 Å². The molecule has 1 fully saturated rings. The van der Waals surface area contributed by atoms with Gasteiger partial charge in [-0.1, -0.05) is 35.1 Å². The molecule has 1 amide bonds. The van der Waals surface area contributed by atoms with Gasteiger partial charge in [-0.25, -0.2) is 18.3 Å². The first-order valence-electron chi connectivity index (χ1n) is 14.9. The van der Waals surface area contributed by atoms with Crippen LogP contribution in [-0.4, -0.2) is 68.4 Å². The Labute approximate surface area is 273 Å². The van der Waals surface area contributed by atoms with Crippen LogP contribution in [0.1, 0.15) is 34.5 Å². The Hall–Kier alpha value is -5.76. The van der Waals surface area contributed by atoms with Gasteiger partial charge >= 0.3 is 0 Å². The molecule has 3 aromatic carbocycles. The fourth-order valence-corrected chi connectivity index (χ4v) is 6.73. The van der Waals surface area contributed by atoms with E-state index >= 15 is 0 Å². The van der Waals surface area contributed by atoms with Crippen molar-refractivity contribution in [2.75, 3.05) is 20.2 Å². The molecule has 14 heteroatoms. The predicted molar refractivity (Wildman–Crippen MR) is 172 cm³/mol. The Bertz CT molecular complexity index is 2230. The maximum absolute atomic E-state index is 13.7. The maximum atomic E-state index is 13.7. The lowest BCUT2D eigenvalue weighted by molar-refractivity contribution is 0.0737. The summed E-state index contributed by atoms with van der Waals surface area (Å²) in [5.74, 6) is -0.437. The number of fused-ring (bicyclic) bond motifs is 1. The van der Waals surface area contributed by atoms with Crippen molar-refractivity contribution in [3.05, 3.63) is 131 Å². The van der Waals surface area contributed by atoms with Crippen molar-refractivity contribution in [1.29, 1.82) is 0 Å². The molecule has 1 saturated heterocycles. The van der Waals surface area contributed by atoms with Crippen LogP contribution in [0.25, 0.3) is 22.5 Å². The summed E-state index contributed by atoms with van der Waals surface area (Å²) in [6.07, 6.45) is 5.52. The molecule has 0 atom stereocenters. The number of hydrogen-bond acceptors (Lipinski definition) is 8. The van der Waals surface area contributed by atoms with E-state index < -0.39 is 10.0 Å². The van der Waals surface area contributed by atoms with Crippen LogP contribution in [0.3, 0.4) is 0 Å². The van der Waals surface area contributed by atoms with Crippen LogP contribution in [-0.2, 0) is 10.0 Å². The number of aromatic nitrogens is 6. The molecular weight excluding hydrogens is 640 g/mol. The van der Waals surface area contributed by atoms with E-state index in [1.54, 1.807) is 41.4 Å². The zero-order valence-corrected chi connectivity index (χ0v) is 26.3. The van der Waals surface area contributed by atoms with Crippen LogP contribution in [0.4, 0.5) is 8.78 Å². The number of nitrogens with zero attached hydrogens (tertiary/aromatic N) is 7. The molecule has 4 heterocycles. The number of piperidine rings is 1. The quantitative estimate of drug-likeness (QED) is 0.226. The Balaban J connectivity index is 1.09. The number of halogens is 2. The first-order chi connectivity index (χ1) is 23.2. The number of methoxy groups -OCH3 is 1. The van der Waals surface area contributed by atoms with E-state index in [4.69, 9.17) is 4.74 Å². The highest BCUT2D eigenvalue weighted by Crippen LogP contribution is 2.33. The molecule has 48 heavy (non-hydrogen) atoms. The minimum atomic E-state index is -4.00. The smallest absolute Gasteiger partial charge is 0.284 e. The van der Waals surface area contributed by atoms with Gasteiger partial charge < -0.3 is 9.64 Å². The molecule has 3 aromatic heterocycles. The molecule has 1 aliphatic heterocycles. The minimum absolute atomic E-state index is 0.0195. The van der Waals surface area contributed by atoms with Gasteiger partial charge in [0.1, 0.15) is 23.1 Å². The summed E-state index contributed by atoms with van der Waals surface area (Å²) in [5.41, 5.74) is 4.95. The molecule has 0 bridgehead atoms. The van der Waals surface area contributed by atoms with Gasteiger partial charge in [-0.15, -0.1) is 9.19 Å². The molecule has 242 valence electrons. The summed E-state index contributed by atoms with van der Waals surface area (Å²) in [5, 5.41) is 12.3. The van der Waals surface area contributed by atoms with E-state index in [-0.39, 0.29) is 33.8 Å². The van der Waals surface area contributed by atoms with Crippen molar-refractivity contribution in [3.8, 4) is 17.0 Å². The molecular formula is C34H27F2N7O4S. The average molecular weight is 668 g/mol. The van der Waals surface area contributed by atoms with E-state index in [2.05, 4.69) is 20.4 Å². The number of likely N-dealkylation sites (tertiary alicyclic amines) is 1. The predicted octanol–water partition coefficient (Wildman–Crippen LogP) is 5.25. The molecule has 7 rings (SSSR count). The SMILES string of the molecule is COc1ccc(S(=O)(=O)n2cc(-c3cnc4cc(C(=O)N5CCC(=C(c6ccc(F)cc6)c6ccc(F)cc6)CC5)nn4c3)nn2)cc1. The van der Waals surface area contributed by atoms with Gasteiger partial charge in [0.25, 0.3) is 15.9 Å². The summed E-state index contributed by atoms with van der Waals surface area (Å²) in [7, 11) is -2.51. The fraction of sp³-hybridized carbons (Fsp3) is 0.147. The van der Waals surface area contributed by atoms with Crippen LogP contribution >= 0.6 is 0 Å². The lowest BCUT2D eigenvalue weighted by atomic mass is 9.88. The van der Waals surface area contributed by atoms with Crippen molar-refractivity contribution in [2.24, 2.45) is 0 Å². The maximum Gasteiger partial charge on any atom is 0.284 e. The highest BCUT2D eigenvalue weighted by Gasteiger charge is 2.26.